The largest absolute Gasteiger partial charge is 0.0845 e. The van der Waals surface area contributed by atoms with Gasteiger partial charge in [-0.15, -0.1) is 0 Å². The molecule has 0 aromatic rings. The van der Waals surface area contributed by atoms with Crippen LogP contribution in [0, 0.1) is 11.8 Å². The van der Waals surface area contributed by atoms with Gasteiger partial charge in [0.2, 0.25) is 0 Å². The lowest BCUT2D eigenvalue weighted by molar-refractivity contribution is 0.525. The van der Waals surface area contributed by atoms with E-state index in [1.165, 1.54) is 38.5 Å². The van der Waals surface area contributed by atoms with E-state index in [1.54, 1.807) is 5.92 Å². The molecule has 0 heteroatoms. The van der Waals surface area contributed by atoms with E-state index < -0.39 is 0 Å². The Morgan fingerprint density at radius 3 is 3.00 bits per heavy atom. The van der Waals surface area contributed by atoms with E-state index in [0.29, 0.717) is 0 Å². The van der Waals surface area contributed by atoms with E-state index in [1.807, 2.05) is 0 Å². The van der Waals surface area contributed by atoms with Gasteiger partial charge in [0.25, 0.3) is 0 Å². The van der Waals surface area contributed by atoms with Crippen LogP contribution in [0.3, 0.4) is 0 Å². The lowest BCUT2D eigenvalue weighted by Gasteiger charge is -2.13. The lowest BCUT2D eigenvalue weighted by Crippen LogP contribution is -2.02. The summed E-state index contributed by atoms with van der Waals surface area (Å²) in [5.74, 6) is 2.64. The second-order valence-corrected chi connectivity index (χ2v) is 3.88. The maximum Gasteiger partial charge on any atom is 0.000677 e. The van der Waals surface area contributed by atoms with Gasteiger partial charge in [-0.2, -0.15) is 0 Å². The Balaban J connectivity index is 2.03. The smallest absolute Gasteiger partial charge is 0.000677 e. The summed E-state index contributed by atoms with van der Waals surface area (Å²) in [7, 11) is 0. The van der Waals surface area contributed by atoms with Gasteiger partial charge < -0.3 is 0 Å². The zero-order valence-electron chi connectivity index (χ0n) is 7.63. The van der Waals surface area contributed by atoms with Crippen molar-refractivity contribution in [2.75, 3.05) is 0 Å². The van der Waals surface area contributed by atoms with Gasteiger partial charge in [-0.1, -0.05) is 30.7 Å². The van der Waals surface area contributed by atoms with Gasteiger partial charge in [-0.05, 0) is 38.0 Å². The van der Waals surface area contributed by atoms with E-state index in [9.17, 15) is 0 Å². The first-order valence-electron chi connectivity index (χ1n) is 5.16. The highest BCUT2D eigenvalue weighted by Gasteiger charge is 2.24. The Bertz CT molecular complexity index is 188. The number of hydrogen-bond acceptors (Lipinski definition) is 0. The lowest BCUT2D eigenvalue weighted by atomic mass is 9.91. The molecule has 2 aliphatic rings. The molecule has 1 saturated carbocycles. The standard InChI is InChI=1S/C12H17/c1-2-4-7-11-9-6-10-12(11)8-5-3-1/h1-2,4,7,12H,3,5-6,8-10H2/b2-1-,7-4-. The molecule has 0 aromatic heterocycles. The van der Waals surface area contributed by atoms with Gasteiger partial charge in [0.05, 0.1) is 0 Å². The van der Waals surface area contributed by atoms with E-state index in [4.69, 9.17) is 0 Å². The minimum absolute atomic E-state index is 0.932. The first-order chi connectivity index (χ1) is 5.97. The van der Waals surface area contributed by atoms with Gasteiger partial charge in [-0.3, -0.25) is 0 Å². The number of hydrogen-bond donors (Lipinski definition) is 0. The van der Waals surface area contributed by atoms with Gasteiger partial charge in [0.1, 0.15) is 0 Å². The van der Waals surface area contributed by atoms with Crippen molar-refractivity contribution in [1.29, 1.82) is 0 Å². The Hall–Kier alpha value is -0.520. The van der Waals surface area contributed by atoms with E-state index in [0.717, 1.165) is 5.92 Å². The molecule has 65 valence electrons. The van der Waals surface area contributed by atoms with Gasteiger partial charge in [0, 0.05) is 5.92 Å². The molecule has 0 spiro atoms. The summed E-state index contributed by atoms with van der Waals surface area (Å²) in [6.45, 7) is 0. The second kappa shape index (κ2) is 3.93. The zero-order valence-corrected chi connectivity index (χ0v) is 7.63. The quantitative estimate of drug-likeness (QED) is 0.508. The maximum atomic E-state index is 2.35. The van der Waals surface area contributed by atoms with Crippen LogP contribution in [0.4, 0.5) is 0 Å². The molecule has 0 N–H and O–H groups in total. The molecular formula is C12H17. The molecule has 2 aliphatic carbocycles. The van der Waals surface area contributed by atoms with Crippen LogP contribution in [-0.2, 0) is 0 Å². The number of allylic oxidation sites excluding steroid dienone is 4. The molecule has 0 bridgehead atoms. The molecule has 0 amide bonds. The van der Waals surface area contributed by atoms with Crippen molar-refractivity contribution in [1.82, 2.24) is 0 Å². The summed E-state index contributed by atoms with van der Waals surface area (Å²) in [5.41, 5.74) is 0. The third-order valence-electron chi connectivity index (χ3n) is 3.02. The van der Waals surface area contributed by atoms with Crippen LogP contribution >= 0.6 is 0 Å². The maximum absolute atomic E-state index is 2.35. The molecule has 1 atom stereocenters. The molecule has 2 rings (SSSR count). The summed E-state index contributed by atoms with van der Waals surface area (Å²) >= 11 is 0. The minimum Gasteiger partial charge on any atom is -0.0845 e. The molecule has 0 nitrogen and oxygen atoms in total. The Morgan fingerprint density at radius 1 is 1.08 bits per heavy atom. The fourth-order valence-corrected chi connectivity index (χ4v) is 2.33. The van der Waals surface area contributed by atoms with E-state index in [-0.39, 0.29) is 0 Å². The highest BCUT2D eigenvalue weighted by Crippen LogP contribution is 2.38. The van der Waals surface area contributed by atoms with Crippen molar-refractivity contribution in [3.8, 4) is 0 Å². The minimum atomic E-state index is 0.932. The third kappa shape index (κ3) is 1.80. The van der Waals surface area contributed by atoms with E-state index in [2.05, 4.69) is 24.3 Å². The Morgan fingerprint density at radius 2 is 2.00 bits per heavy atom. The summed E-state index contributed by atoms with van der Waals surface area (Å²) < 4.78 is 0. The van der Waals surface area contributed by atoms with E-state index >= 15 is 0 Å². The predicted molar refractivity (Wildman–Crippen MR) is 52.7 cm³/mol. The molecule has 1 radical (unpaired) electrons. The summed E-state index contributed by atoms with van der Waals surface area (Å²) in [5, 5.41) is 0. The molecule has 0 saturated heterocycles. The van der Waals surface area contributed by atoms with Crippen molar-refractivity contribution in [3.05, 3.63) is 30.2 Å². The average molecular weight is 161 g/mol. The monoisotopic (exact) mass is 161 g/mol. The molecule has 1 unspecified atom stereocenters. The predicted octanol–water partition coefficient (Wildman–Crippen LogP) is 3.66. The summed E-state index contributed by atoms with van der Waals surface area (Å²) in [6, 6.07) is 0. The molecule has 0 aromatic carbocycles. The Kier molecular flexibility index (Phi) is 2.65. The summed E-state index contributed by atoms with van der Waals surface area (Å²) in [4.78, 5) is 0. The van der Waals surface area contributed by atoms with Crippen LogP contribution in [-0.4, -0.2) is 0 Å². The highest BCUT2D eigenvalue weighted by molar-refractivity contribution is 5.21. The normalized spacial score (nSPS) is 36.2. The van der Waals surface area contributed by atoms with Crippen LogP contribution in [0.15, 0.2) is 24.3 Å². The number of fused-ring (bicyclic) bond motifs is 1. The molecule has 0 aliphatic heterocycles. The van der Waals surface area contributed by atoms with Gasteiger partial charge >= 0.3 is 0 Å². The van der Waals surface area contributed by atoms with Crippen LogP contribution in [0.5, 0.6) is 0 Å². The first-order valence-corrected chi connectivity index (χ1v) is 5.16. The summed E-state index contributed by atoms with van der Waals surface area (Å²) in [6.07, 6.45) is 17.4. The van der Waals surface area contributed by atoms with Crippen LogP contribution in [0.25, 0.3) is 0 Å². The van der Waals surface area contributed by atoms with Crippen molar-refractivity contribution < 1.29 is 0 Å². The van der Waals surface area contributed by atoms with Crippen LogP contribution in [0.2, 0.25) is 0 Å². The second-order valence-electron chi connectivity index (χ2n) is 3.88. The van der Waals surface area contributed by atoms with Crippen LogP contribution < -0.4 is 0 Å². The molecule has 12 heavy (non-hydrogen) atoms. The Labute approximate surface area is 75.4 Å². The van der Waals surface area contributed by atoms with Crippen molar-refractivity contribution in [2.24, 2.45) is 5.92 Å². The SMILES string of the molecule is C1=C\CCCC2CCC[C]2\C=C/1. The average Bonchev–Trinajstić information content (AvgIpc) is 2.50. The molecule has 0 heterocycles. The fraction of sp³-hybridized carbons (Fsp3) is 0.583. The van der Waals surface area contributed by atoms with Crippen molar-refractivity contribution >= 4 is 0 Å². The number of rotatable bonds is 0. The van der Waals surface area contributed by atoms with Crippen molar-refractivity contribution in [2.45, 2.75) is 38.5 Å². The fourth-order valence-electron chi connectivity index (χ4n) is 2.33. The van der Waals surface area contributed by atoms with Gasteiger partial charge in [0.15, 0.2) is 0 Å². The van der Waals surface area contributed by atoms with Gasteiger partial charge in [-0.25, -0.2) is 0 Å². The zero-order chi connectivity index (χ0) is 8.23. The van der Waals surface area contributed by atoms with Crippen molar-refractivity contribution in [3.63, 3.8) is 0 Å². The third-order valence-corrected chi connectivity index (χ3v) is 3.02. The van der Waals surface area contributed by atoms with Crippen LogP contribution in [0.1, 0.15) is 38.5 Å². The molecule has 1 fully saturated rings. The first kappa shape index (κ1) is 8.10. The highest BCUT2D eigenvalue weighted by atomic mass is 14.3. The topological polar surface area (TPSA) is 0 Å². The molecular weight excluding hydrogens is 144 g/mol.